The van der Waals surface area contributed by atoms with Crippen molar-refractivity contribution in [2.75, 3.05) is 11.6 Å². The van der Waals surface area contributed by atoms with Crippen LogP contribution in [0.5, 0.6) is 0 Å². The van der Waals surface area contributed by atoms with Gasteiger partial charge in [-0.05, 0) is 29.3 Å². The van der Waals surface area contributed by atoms with Crippen LogP contribution in [0.2, 0.25) is 10.0 Å². The largest absolute Gasteiger partial charge is 0.307 e. The van der Waals surface area contributed by atoms with Crippen molar-refractivity contribution >= 4 is 44.8 Å². The second-order valence-electron chi connectivity index (χ2n) is 6.31. The highest BCUT2D eigenvalue weighted by Crippen LogP contribution is 2.26. The van der Waals surface area contributed by atoms with Crippen molar-refractivity contribution in [3.05, 3.63) is 81.5 Å². The molecule has 0 unspecified atom stereocenters. The van der Waals surface area contributed by atoms with Gasteiger partial charge in [0.05, 0.1) is 28.5 Å². The molecule has 1 aromatic heterocycles. The van der Waals surface area contributed by atoms with Crippen LogP contribution in [0.3, 0.4) is 0 Å². The number of anilines is 1. The molecule has 0 spiro atoms. The van der Waals surface area contributed by atoms with Crippen LogP contribution in [0.1, 0.15) is 21.5 Å². The van der Waals surface area contributed by atoms with E-state index in [9.17, 15) is 13.2 Å². The van der Waals surface area contributed by atoms with Gasteiger partial charge >= 0.3 is 0 Å². The first-order chi connectivity index (χ1) is 13.2. The smallest absolute Gasteiger partial charge is 0.256 e. The van der Waals surface area contributed by atoms with E-state index in [0.717, 1.165) is 5.56 Å². The number of hydrogen-bond donors (Lipinski definition) is 1. The van der Waals surface area contributed by atoms with Gasteiger partial charge in [-0.15, -0.1) is 0 Å². The van der Waals surface area contributed by atoms with E-state index in [4.69, 9.17) is 23.2 Å². The van der Waals surface area contributed by atoms with Crippen molar-refractivity contribution in [3.8, 4) is 0 Å². The molecule has 1 N–H and O–H groups in total. The molecule has 6 nitrogen and oxygen atoms in total. The average Bonchev–Trinajstić information content (AvgIpc) is 3.05. The fourth-order valence-electron chi connectivity index (χ4n) is 2.64. The molecule has 146 valence electrons. The van der Waals surface area contributed by atoms with Gasteiger partial charge in [0.15, 0.2) is 9.84 Å². The van der Waals surface area contributed by atoms with Crippen molar-refractivity contribution < 1.29 is 13.2 Å². The van der Waals surface area contributed by atoms with Crippen molar-refractivity contribution in [3.63, 3.8) is 0 Å². The van der Waals surface area contributed by atoms with Crippen molar-refractivity contribution in [1.29, 1.82) is 0 Å². The molecule has 3 aromatic rings. The first-order valence-corrected chi connectivity index (χ1v) is 11.1. The lowest BCUT2D eigenvalue weighted by Crippen LogP contribution is -2.16. The first-order valence-electron chi connectivity index (χ1n) is 8.25. The molecule has 0 fully saturated rings. The first kappa shape index (κ1) is 20.4. The molecule has 3 rings (SSSR count). The Balaban J connectivity index is 1.73. The van der Waals surface area contributed by atoms with E-state index in [2.05, 4.69) is 10.4 Å². The molecule has 0 saturated carbocycles. The third-order valence-corrected chi connectivity index (χ3v) is 5.67. The topological polar surface area (TPSA) is 81.1 Å². The highest BCUT2D eigenvalue weighted by Gasteiger charge is 2.13. The van der Waals surface area contributed by atoms with Crippen molar-refractivity contribution in [2.24, 2.45) is 0 Å². The minimum atomic E-state index is -3.13. The number of sulfone groups is 1. The van der Waals surface area contributed by atoms with E-state index in [1.165, 1.54) is 6.26 Å². The van der Waals surface area contributed by atoms with E-state index in [-0.39, 0.29) is 11.7 Å². The molecule has 0 aliphatic rings. The molecule has 28 heavy (non-hydrogen) atoms. The number of aromatic nitrogens is 2. The molecule has 9 heteroatoms. The lowest BCUT2D eigenvalue weighted by molar-refractivity contribution is 0.102. The third kappa shape index (κ3) is 5.13. The number of rotatable bonds is 6. The number of benzene rings is 2. The number of hydrogen-bond acceptors (Lipinski definition) is 4. The van der Waals surface area contributed by atoms with Crippen LogP contribution in [0, 0.1) is 0 Å². The fourth-order valence-corrected chi connectivity index (χ4v) is 3.82. The van der Waals surface area contributed by atoms with Gasteiger partial charge < -0.3 is 5.32 Å². The highest BCUT2D eigenvalue weighted by atomic mass is 35.5. The van der Waals surface area contributed by atoms with Crippen molar-refractivity contribution in [2.45, 2.75) is 12.3 Å². The Labute approximate surface area is 173 Å². The Hall–Kier alpha value is -2.35. The maximum atomic E-state index is 12.5. The molecule has 2 aromatic carbocycles. The van der Waals surface area contributed by atoms with Crippen LogP contribution in [0.4, 0.5) is 5.82 Å². The van der Waals surface area contributed by atoms with Crippen molar-refractivity contribution in [1.82, 2.24) is 9.78 Å². The summed E-state index contributed by atoms with van der Waals surface area (Å²) in [5.74, 6) is 0.105. The summed E-state index contributed by atoms with van der Waals surface area (Å²) < 4.78 is 24.3. The Morgan fingerprint density at radius 1 is 1.11 bits per heavy atom. The van der Waals surface area contributed by atoms with Gasteiger partial charge in [-0.2, -0.15) is 5.10 Å². The summed E-state index contributed by atoms with van der Waals surface area (Å²) in [5, 5.41) is 7.91. The van der Waals surface area contributed by atoms with Crippen LogP contribution in [-0.4, -0.2) is 30.4 Å². The summed E-state index contributed by atoms with van der Waals surface area (Å²) in [6.07, 6.45) is 2.74. The zero-order valence-corrected chi connectivity index (χ0v) is 17.2. The van der Waals surface area contributed by atoms with E-state index in [1.54, 1.807) is 53.3 Å². The van der Waals surface area contributed by atoms with Crippen LogP contribution in [-0.2, 0) is 22.1 Å². The number of amides is 1. The summed E-state index contributed by atoms with van der Waals surface area (Å²) in [6.45, 7) is 0.343. The zero-order chi connectivity index (χ0) is 20.3. The quantitative estimate of drug-likeness (QED) is 0.630. The Morgan fingerprint density at radius 2 is 1.82 bits per heavy atom. The van der Waals surface area contributed by atoms with Gasteiger partial charge in [-0.1, -0.05) is 47.5 Å². The van der Waals surface area contributed by atoms with Crippen LogP contribution < -0.4 is 5.32 Å². The third-order valence-electron chi connectivity index (χ3n) is 3.95. The standard InChI is InChI=1S/C19H17Cl2N3O3S/c1-28(26,27)12-13-5-7-14(8-6-13)19(25)23-17-9-10-22-24(17)11-15-3-2-4-16(20)18(15)21/h2-10H,11-12H2,1H3,(H,23,25). The summed E-state index contributed by atoms with van der Waals surface area (Å²) >= 11 is 12.3. The normalized spacial score (nSPS) is 11.4. The lowest BCUT2D eigenvalue weighted by atomic mass is 10.1. The zero-order valence-electron chi connectivity index (χ0n) is 14.9. The van der Waals surface area contributed by atoms with Crippen LogP contribution in [0.15, 0.2) is 54.7 Å². The monoisotopic (exact) mass is 437 g/mol. The van der Waals surface area contributed by atoms with E-state index in [0.29, 0.717) is 33.5 Å². The molecule has 0 saturated heterocycles. The number of nitrogens with one attached hydrogen (secondary N) is 1. The summed E-state index contributed by atoms with van der Waals surface area (Å²) in [6, 6.07) is 13.4. The predicted molar refractivity (Wildman–Crippen MR) is 111 cm³/mol. The number of nitrogens with zero attached hydrogens (tertiary/aromatic N) is 2. The second-order valence-corrected chi connectivity index (χ2v) is 9.23. The molecule has 0 aliphatic heterocycles. The summed E-state index contributed by atoms with van der Waals surface area (Å²) in [5.41, 5.74) is 1.81. The Bertz CT molecular complexity index is 1110. The maximum Gasteiger partial charge on any atom is 0.256 e. The predicted octanol–water partition coefficient (Wildman–Crippen LogP) is 4.04. The second kappa shape index (κ2) is 8.34. The van der Waals surface area contributed by atoms with Gasteiger partial charge in [0.1, 0.15) is 5.82 Å². The fraction of sp³-hybridized carbons (Fsp3) is 0.158. The molecule has 0 bridgehead atoms. The summed E-state index contributed by atoms with van der Waals surface area (Å²) in [7, 11) is -3.13. The van der Waals surface area contributed by atoms with E-state index < -0.39 is 9.84 Å². The minimum absolute atomic E-state index is 0.0674. The highest BCUT2D eigenvalue weighted by molar-refractivity contribution is 7.89. The van der Waals surface area contributed by atoms with Crippen LogP contribution in [0.25, 0.3) is 0 Å². The number of carbonyl (C=O) groups is 1. The Kier molecular flexibility index (Phi) is 6.07. The van der Waals surface area contributed by atoms with Crippen LogP contribution >= 0.6 is 23.2 Å². The summed E-state index contributed by atoms with van der Waals surface area (Å²) in [4.78, 5) is 12.5. The molecule has 1 amide bonds. The lowest BCUT2D eigenvalue weighted by Gasteiger charge is -2.11. The number of carbonyl (C=O) groups excluding carboxylic acids is 1. The Morgan fingerprint density at radius 3 is 2.50 bits per heavy atom. The van der Waals surface area contributed by atoms with E-state index >= 15 is 0 Å². The molecule has 0 radical (unpaired) electrons. The van der Waals surface area contributed by atoms with E-state index in [1.807, 2.05) is 6.07 Å². The van der Waals surface area contributed by atoms with Gasteiger partial charge in [-0.25, -0.2) is 13.1 Å². The molecule has 0 aliphatic carbocycles. The molecule has 0 atom stereocenters. The SMILES string of the molecule is CS(=O)(=O)Cc1ccc(C(=O)Nc2ccnn2Cc2cccc(Cl)c2Cl)cc1. The van der Waals surface area contributed by atoms with Gasteiger partial charge in [-0.3, -0.25) is 4.79 Å². The van der Waals surface area contributed by atoms with Gasteiger partial charge in [0.2, 0.25) is 0 Å². The average molecular weight is 438 g/mol. The number of halogens is 2. The van der Waals surface area contributed by atoms with Gasteiger partial charge in [0.25, 0.3) is 5.91 Å². The molecular weight excluding hydrogens is 421 g/mol. The molecular formula is C19H17Cl2N3O3S. The minimum Gasteiger partial charge on any atom is -0.307 e. The molecule has 1 heterocycles. The maximum absolute atomic E-state index is 12.5. The van der Waals surface area contributed by atoms with Gasteiger partial charge in [0, 0.05) is 17.9 Å².